The Morgan fingerprint density at radius 2 is 1.94 bits per heavy atom. The highest BCUT2D eigenvalue weighted by Crippen LogP contribution is 2.22. The summed E-state index contributed by atoms with van der Waals surface area (Å²) in [7, 11) is -3.92. The molecule has 8 nitrogen and oxygen atoms in total. The second-order valence-corrected chi connectivity index (χ2v) is 9.35. The van der Waals surface area contributed by atoms with E-state index in [1.54, 1.807) is 24.3 Å². The lowest BCUT2D eigenvalue weighted by molar-refractivity contribution is -0.147. The van der Waals surface area contributed by atoms with Crippen molar-refractivity contribution in [3.8, 4) is 5.75 Å². The van der Waals surface area contributed by atoms with Gasteiger partial charge in [0.05, 0.1) is 4.90 Å². The topological polar surface area (TPSA) is 123 Å². The van der Waals surface area contributed by atoms with Crippen molar-refractivity contribution in [3.63, 3.8) is 0 Å². The first-order chi connectivity index (χ1) is 14.8. The average molecular weight is 464 g/mol. The van der Waals surface area contributed by atoms with Crippen LogP contribution in [0.4, 0.5) is 0 Å². The molecule has 3 rings (SSSR count). The van der Waals surface area contributed by atoms with Crippen molar-refractivity contribution >= 4 is 38.7 Å². The molecular weight excluding hydrogens is 442 g/mol. The van der Waals surface area contributed by atoms with Crippen molar-refractivity contribution in [1.29, 1.82) is 0 Å². The number of benzene rings is 2. The molecule has 164 valence electrons. The summed E-state index contributed by atoms with van der Waals surface area (Å²) in [5, 5.41) is 10.1. The van der Waals surface area contributed by atoms with Gasteiger partial charge in [-0.05, 0) is 42.7 Å². The molecule has 2 aromatic carbocycles. The van der Waals surface area contributed by atoms with Crippen LogP contribution in [0.25, 0.3) is 11.0 Å². The highest BCUT2D eigenvalue weighted by molar-refractivity contribution is 7.98. The van der Waals surface area contributed by atoms with Crippen LogP contribution in [0.5, 0.6) is 5.75 Å². The van der Waals surface area contributed by atoms with Crippen LogP contribution in [0.15, 0.2) is 68.7 Å². The number of carbonyl (C=O) groups is 1. The van der Waals surface area contributed by atoms with Gasteiger partial charge in [0.25, 0.3) is 0 Å². The van der Waals surface area contributed by atoms with Gasteiger partial charge >= 0.3 is 11.6 Å². The third kappa shape index (κ3) is 5.87. The molecule has 1 heterocycles. The molecule has 1 aromatic heterocycles. The maximum absolute atomic E-state index is 12.7. The number of fused-ring (bicyclic) bond motifs is 1. The molecule has 0 aliphatic heterocycles. The average Bonchev–Trinajstić information content (AvgIpc) is 2.74. The van der Waals surface area contributed by atoms with Gasteiger partial charge in [0.15, 0.2) is 0 Å². The lowest BCUT2D eigenvalue weighted by Gasteiger charge is -2.18. The summed E-state index contributed by atoms with van der Waals surface area (Å²) >= 11 is 1.47. The Morgan fingerprint density at radius 1 is 1.19 bits per heavy atom. The number of rotatable bonds is 9. The van der Waals surface area contributed by atoms with Crippen molar-refractivity contribution in [2.75, 3.05) is 12.0 Å². The van der Waals surface area contributed by atoms with Crippen molar-refractivity contribution in [2.24, 2.45) is 0 Å². The maximum Gasteiger partial charge on any atom is 0.336 e. The Balaban J connectivity index is 1.79. The smallest absolute Gasteiger partial charge is 0.336 e. The van der Waals surface area contributed by atoms with E-state index in [9.17, 15) is 23.1 Å². The molecule has 0 saturated carbocycles. The molecule has 0 bridgehead atoms. The molecule has 0 radical (unpaired) electrons. The fraction of sp³-hybridized carbons (Fsp3) is 0.238. The first-order valence-corrected chi connectivity index (χ1v) is 12.2. The van der Waals surface area contributed by atoms with Crippen LogP contribution >= 0.6 is 11.8 Å². The Hall–Kier alpha value is -2.82. The molecule has 3 aromatic rings. The third-order valence-corrected chi connectivity index (χ3v) is 6.56. The number of hydrogen-bond acceptors (Lipinski definition) is 8. The second kappa shape index (κ2) is 9.99. The lowest BCUT2D eigenvalue weighted by Crippen LogP contribution is -2.42. The number of ether oxygens (including phenoxy) is 1. The van der Waals surface area contributed by atoms with Gasteiger partial charge in [-0.25, -0.2) is 13.2 Å². The van der Waals surface area contributed by atoms with Crippen LogP contribution in [-0.4, -0.2) is 37.5 Å². The summed E-state index contributed by atoms with van der Waals surface area (Å²) in [6.07, 6.45) is 2.08. The number of nitrogens with one attached hydrogen (secondary N) is 1. The normalized spacial score (nSPS) is 12.5. The maximum atomic E-state index is 12.7. The number of hydrogen-bond donors (Lipinski definition) is 2. The van der Waals surface area contributed by atoms with Gasteiger partial charge in [-0.3, -0.25) is 4.79 Å². The molecule has 10 heteroatoms. The minimum Gasteiger partial charge on any atom is -0.508 e. The Kier molecular flexibility index (Phi) is 7.37. The van der Waals surface area contributed by atoms with E-state index in [0.717, 1.165) is 0 Å². The molecule has 0 amide bonds. The molecule has 1 unspecified atom stereocenters. The predicted octanol–water partition coefficient (Wildman–Crippen LogP) is 2.64. The Morgan fingerprint density at radius 3 is 2.65 bits per heavy atom. The zero-order valence-corrected chi connectivity index (χ0v) is 18.2. The van der Waals surface area contributed by atoms with Gasteiger partial charge in [-0.1, -0.05) is 18.2 Å². The zero-order chi connectivity index (χ0) is 22.4. The van der Waals surface area contributed by atoms with E-state index in [1.165, 1.54) is 42.1 Å². The predicted molar refractivity (Wildman–Crippen MR) is 117 cm³/mol. The molecule has 0 saturated heterocycles. The molecule has 0 aliphatic carbocycles. The van der Waals surface area contributed by atoms with Gasteiger partial charge in [0.2, 0.25) is 10.0 Å². The molecule has 2 N–H and O–H groups in total. The van der Waals surface area contributed by atoms with E-state index in [-0.39, 0.29) is 29.3 Å². The molecule has 0 spiro atoms. The summed E-state index contributed by atoms with van der Waals surface area (Å²) in [6, 6.07) is 12.1. The van der Waals surface area contributed by atoms with E-state index < -0.39 is 27.7 Å². The quantitative estimate of drug-likeness (QED) is 0.367. The zero-order valence-electron chi connectivity index (χ0n) is 16.6. The van der Waals surface area contributed by atoms with E-state index >= 15 is 0 Å². The SMILES string of the molecule is CSCCC(NS(=O)(=O)c1ccccc1)C(=O)OCc1cc(=O)oc2cc(O)ccc12. The van der Waals surface area contributed by atoms with Gasteiger partial charge in [0.1, 0.15) is 24.0 Å². The van der Waals surface area contributed by atoms with Crippen LogP contribution in [0.1, 0.15) is 12.0 Å². The fourth-order valence-electron chi connectivity index (χ4n) is 2.90. The lowest BCUT2D eigenvalue weighted by atomic mass is 10.1. The van der Waals surface area contributed by atoms with Gasteiger partial charge in [0, 0.05) is 23.1 Å². The van der Waals surface area contributed by atoms with Crippen molar-refractivity contribution in [2.45, 2.75) is 24.0 Å². The van der Waals surface area contributed by atoms with E-state index in [2.05, 4.69) is 4.72 Å². The highest BCUT2D eigenvalue weighted by Gasteiger charge is 2.27. The van der Waals surface area contributed by atoms with Crippen LogP contribution in [0.2, 0.25) is 0 Å². The first-order valence-electron chi connectivity index (χ1n) is 9.29. The summed E-state index contributed by atoms with van der Waals surface area (Å²) in [5.74, 6) is -0.292. The van der Waals surface area contributed by atoms with E-state index in [1.807, 2.05) is 6.26 Å². The Labute approximate surface area is 183 Å². The van der Waals surface area contributed by atoms with Crippen molar-refractivity contribution < 1.29 is 27.5 Å². The van der Waals surface area contributed by atoms with E-state index in [4.69, 9.17) is 9.15 Å². The fourth-order valence-corrected chi connectivity index (χ4v) is 4.61. The summed E-state index contributed by atoms with van der Waals surface area (Å²) in [6.45, 7) is -0.255. The number of esters is 1. The van der Waals surface area contributed by atoms with Crippen LogP contribution in [0.3, 0.4) is 0 Å². The van der Waals surface area contributed by atoms with Crippen LogP contribution in [0, 0.1) is 0 Å². The van der Waals surface area contributed by atoms with Crippen molar-refractivity contribution in [1.82, 2.24) is 4.72 Å². The molecular formula is C21H21NO7S2. The molecule has 0 aliphatic rings. The van der Waals surface area contributed by atoms with Crippen molar-refractivity contribution in [3.05, 3.63) is 70.6 Å². The number of phenols is 1. The van der Waals surface area contributed by atoms with Gasteiger partial charge in [-0.2, -0.15) is 16.5 Å². The third-order valence-electron chi connectivity index (χ3n) is 4.43. The van der Waals surface area contributed by atoms with Crippen LogP contribution < -0.4 is 10.3 Å². The number of sulfonamides is 1. The standard InChI is InChI=1S/C21H21NO7S2/c1-30-10-9-18(22-31(26,27)16-5-3-2-4-6-16)21(25)28-13-14-11-20(24)29-19-12-15(23)7-8-17(14)19/h2-8,11-12,18,22-23H,9-10,13H2,1H3. The second-order valence-electron chi connectivity index (χ2n) is 6.65. The number of aromatic hydroxyl groups is 1. The number of thioether (sulfide) groups is 1. The first kappa shape index (κ1) is 22.9. The molecule has 31 heavy (non-hydrogen) atoms. The van der Waals surface area contributed by atoms with Crippen LogP contribution in [-0.2, 0) is 26.2 Å². The summed E-state index contributed by atoms with van der Waals surface area (Å²) in [5.41, 5.74) is -0.121. The summed E-state index contributed by atoms with van der Waals surface area (Å²) in [4.78, 5) is 24.5. The minimum absolute atomic E-state index is 0.0448. The van der Waals surface area contributed by atoms with Gasteiger partial charge < -0.3 is 14.3 Å². The Bertz CT molecular complexity index is 1220. The monoisotopic (exact) mass is 463 g/mol. The molecule has 1 atom stereocenters. The number of carbonyl (C=O) groups excluding carboxylic acids is 1. The highest BCUT2D eigenvalue weighted by atomic mass is 32.2. The largest absolute Gasteiger partial charge is 0.508 e. The minimum atomic E-state index is -3.92. The van der Waals surface area contributed by atoms with E-state index in [0.29, 0.717) is 16.7 Å². The number of phenolic OH excluding ortho intramolecular Hbond substituents is 1. The molecule has 0 fully saturated rings. The van der Waals surface area contributed by atoms with Gasteiger partial charge in [-0.15, -0.1) is 0 Å². The summed E-state index contributed by atoms with van der Waals surface area (Å²) < 4.78 is 38.1.